The van der Waals surface area contributed by atoms with E-state index in [-0.39, 0.29) is 17.6 Å². The lowest BCUT2D eigenvalue weighted by Crippen LogP contribution is -2.39. The first-order valence-corrected chi connectivity index (χ1v) is 6.58. The first kappa shape index (κ1) is 15.9. The van der Waals surface area contributed by atoms with Gasteiger partial charge in [0.2, 0.25) is 5.91 Å². The Morgan fingerprint density at radius 2 is 2.30 bits per heavy atom. The number of hydrogen-bond donors (Lipinski definition) is 3. The quantitative estimate of drug-likeness (QED) is 0.307. The highest BCUT2D eigenvalue weighted by Crippen LogP contribution is 2.07. The molecule has 0 aromatic heterocycles. The van der Waals surface area contributed by atoms with Crippen LogP contribution in [0.5, 0.6) is 0 Å². The summed E-state index contributed by atoms with van der Waals surface area (Å²) in [5.74, 6) is -1.29. The van der Waals surface area contributed by atoms with Gasteiger partial charge in [-0.1, -0.05) is 30.6 Å². The summed E-state index contributed by atoms with van der Waals surface area (Å²) in [5.41, 5.74) is 6.30. The molecule has 1 amide bonds. The Labute approximate surface area is 117 Å². The fourth-order valence-corrected chi connectivity index (χ4v) is 1.92. The number of carbonyl (C=O) groups excluding carboxylic acids is 1. The molecule has 0 saturated carbocycles. The number of nitrogens with zero attached hydrogens (tertiary/aromatic N) is 1. The monoisotopic (exact) mass is 281 g/mol. The van der Waals surface area contributed by atoms with Gasteiger partial charge < -0.3 is 16.3 Å². The largest absolute Gasteiger partial charge is 0.409 e. The van der Waals surface area contributed by atoms with E-state index < -0.39 is 5.92 Å². The summed E-state index contributed by atoms with van der Waals surface area (Å²) >= 11 is 0. The second kappa shape index (κ2) is 8.14. The Morgan fingerprint density at radius 3 is 2.90 bits per heavy atom. The number of amides is 1. The van der Waals surface area contributed by atoms with Crippen molar-refractivity contribution in [2.75, 3.05) is 6.54 Å². The maximum absolute atomic E-state index is 13.0. The number of rotatable bonds is 7. The lowest BCUT2D eigenvalue weighted by Gasteiger charge is -2.14. The van der Waals surface area contributed by atoms with Crippen molar-refractivity contribution in [2.45, 2.75) is 26.2 Å². The normalized spacial score (nSPS) is 13.0. The molecule has 0 radical (unpaired) electrons. The number of halogens is 1. The van der Waals surface area contributed by atoms with Crippen LogP contribution in [-0.2, 0) is 11.2 Å². The Morgan fingerprint density at radius 1 is 1.55 bits per heavy atom. The molecule has 0 spiro atoms. The number of nitrogens with two attached hydrogens (primary N) is 1. The molecule has 1 atom stereocenters. The van der Waals surface area contributed by atoms with Crippen molar-refractivity contribution in [1.82, 2.24) is 5.32 Å². The van der Waals surface area contributed by atoms with Crippen LogP contribution in [0.3, 0.4) is 0 Å². The van der Waals surface area contributed by atoms with E-state index in [1.807, 2.05) is 6.92 Å². The molecule has 5 nitrogen and oxygen atoms in total. The topological polar surface area (TPSA) is 87.7 Å². The van der Waals surface area contributed by atoms with Crippen molar-refractivity contribution >= 4 is 11.7 Å². The van der Waals surface area contributed by atoms with Crippen molar-refractivity contribution in [3.63, 3.8) is 0 Å². The fraction of sp³-hybridized carbons (Fsp3) is 0.429. The Bertz CT molecular complexity index is 477. The molecule has 6 heteroatoms. The van der Waals surface area contributed by atoms with E-state index in [9.17, 15) is 9.18 Å². The van der Waals surface area contributed by atoms with Crippen LogP contribution in [0.25, 0.3) is 0 Å². The maximum atomic E-state index is 13.0. The van der Waals surface area contributed by atoms with E-state index in [1.54, 1.807) is 12.1 Å². The molecule has 0 fully saturated rings. The Hall–Kier alpha value is -2.11. The first-order valence-electron chi connectivity index (χ1n) is 6.58. The molecule has 0 bridgehead atoms. The second-order valence-electron chi connectivity index (χ2n) is 4.54. The van der Waals surface area contributed by atoms with Gasteiger partial charge in [0.25, 0.3) is 0 Å². The third-order valence-corrected chi connectivity index (χ3v) is 2.97. The van der Waals surface area contributed by atoms with Gasteiger partial charge in [-0.2, -0.15) is 0 Å². The number of benzene rings is 1. The maximum Gasteiger partial charge on any atom is 0.230 e. The molecular formula is C14H20FN3O2. The molecule has 20 heavy (non-hydrogen) atoms. The molecular weight excluding hydrogens is 261 g/mol. The van der Waals surface area contributed by atoms with E-state index in [2.05, 4.69) is 10.5 Å². The minimum absolute atomic E-state index is 0.0879. The van der Waals surface area contributed by atoms with Crippen molar-refractivity contribution in [1.29, 1.82) is 0 Å². The van der Waals surface area contributed by atoms with Gasteiger partial charge in [-0.05, 0) is 30.5 Å². The minimum atomic E-state index is -0.627. The van der Waals surface area contributed by atoms with Gasteiger partial charge >= 0.3 is 0 Å². The smallest absolute Gasteiger partial charge is 0.230 e. The molecule has 1 unspecified atom stereocenters. The molecule has 1 rings (SSSR count). The summed E-state index contributed by atoms with van der Waals surface area (Å²) < 4.78 is 13.0. The zero-order chi connectivity index (χ0) is 15.0. The second-order valence-corrected chi connectivity index (χ2v) is 4.54. The molecule has 0 heterocycles. The summed E-state index contributed by atoms with van der Waals surface area (Å²) in [4.78, 5) is 11.9. The number of nitrogens with one attached hydrogen (secondary N) is 1. The summed E-state index contributed by atoms with van der Waals surface area (Å²) in [5, 5.41) is 14.3. The van der Waals surface area contributed by atoms with E-state index in [4.69, 9.17) is 10.9 Å². The van der Waals surface area contributed by atoms with Crippen LogP contribution >= 0.6 is 0 Å². The molecule has 0 aliphatic rings. The van der Waals surface area contributed by atoms with Gasteiger partial charge in [0.1, 0.15) is 5.82 Å². The van der Waals surface area contributed by atoms with Crippen LogP contribution in [0.4, 0.5) is 4.39 Å². The van der Waals surface area contributed by atoms with Crippen molar-refractivity contribution in [3.05, 3.63) is 35.6 Å². The van der Waals surface area contributed by atoms with Crippen molar-refractivity contribution < 1.29 is 14.4 Å². The zero-order valence-electron chi connectivity index (χ0n) is 11.5. The summed E-state index contributed by atoms with van der Waals surface area (Å²) in [7, 11) is 0. The van der Waals surface area contributed by atoms with Crippen LogP contribution in [0.15, 0.2) is 29.4 Å². The predicted molar refractivity (Wildman–Crippen MR) is 74.9 cm³/mol. The lowest BCUT2D eigenvalue weighted by molar-refractivity contribution is -0.123. The van der Waals surface area contributed by atoms with Gasteiger partial charge in [0.15, 0.2) is 5.84 Å². The summed E-state index contributed by atoms with van der Waals surface area (Å²) in [6.45, 7) is 2.29. The summed E-state index contributed by atoms with van der Waals surface area (Å²) in [6.07, 6.45) is 1.79. The van der Waals surface area contributed by atoms with Crippen LogP contribution in [0.1, 0.15) is 25.3 Å². The van der Waals surface area contributed by atoms with Gasteiger partial charge in [0.05, 0.1) is 5.92 Å². The molecule has 1 aromatic carbocycles. The minimum Gasteiger partial charge on any atom is -0.409 e. The summed E-state index contributed by atoms with van der Waals surface area (Å²) in [6, 6.07) is 6.22. The molecule has 4 N–H and O–H groups in total. The highest BCUT2D eigenvalue weighted by atomic mass is 19.1. The SMILES string of the molecule is CCCC(C(=O)NCCc1cccc(F)c1)C(N)=NO. The van der Waals surface area contributed by atoms with Crippen molar-refractivity contribution in [3.8, 4) is 0 Å². The highest BCUT2D eigenvalue weighted by Gasteiger charge is 2.21. The molecule has 0 saturated heterocycles. The Balaban J connectivity index is 2.49. The van der Waals surface area contributed by atoms with Gasteiger partial charge in [0, 0.05) is 6.54 Å². The Kier molecular flexibility index (Phi) is 6.49. The number of oxime groups is 1. The van der Waals surface area contributed by atoms with E-state index in [0.29, 0.717) is 19.4 Å². The van der Waals surface area contributed by atoms with Crippen LogP contribution in [0, 0.1) is 11.7 Å². The molecule has 110 valence electrons. The number of amidine groups is 1. The molecule has 0 aliphatic heterocycles. The standard InChI is InChI=1S/C14H20FN3O2/c1-2-4-12(13(16)18-20)14(19)17-8-7-10-5-3-6-11(15)9-10/h3,5-6,9,12,20H,2,4,7-8H2,1H3,(H2,16,18)(H,17,19). The third-order valence-electron chi connectivity index (χ3n) is 2.97. The molecule has 0 aliphatic carbocycles. The first-order chi connectivity index (χ1) is 9.58. The van der Waals surface area contributed by atoms with Crippen molar-refractivity contribution in [2.24, 2.45) is 16.8 Å². The van der Waals surface area contributed by atoms with Gasteiger partial charge in [-0.3, -0.25) is 4.79 Å². The van der Waals surface area contributed by atoms with E-state index in [1.165, 1.54) is 12.1 Å². The zero-order valence-corrected chi connectivity index (χ0v) is 11.5. The lowest BCUT2D eigenvalue weighted by atomic mass is 10.0. The highest BCUT2D eigenvalue weighted by molar-refractivity contribution is 6.02. The number of hydrogen-bond acceptors (Lipinski definition) is 3. The van der Waals surface area contributed by atoms with Crippen LogP contribution < -0.4 is 11.1 Å². The van der Waals surface area contributed by atoms with Crippen LogP contribution in [-0.4, -0.2) is 23.5 Å². The molecule has 1 aromatic rings. The average molecular weight is 281 g/mol. The predicted octanol–water partition coefficient (Wildman–Crippen LogP) is 1.65. The van der Waals surface area contributed by atoms with Gasteiger partial charge in [-0.15, -0.1) is 0 Å². The third kappa shape index (κ3) is 4.87. The number of carbonyl (C=O) groups is 1. The van der Waals surface area contributed by atoms with E-state index >= 15 is 0 Å². The fourth-order valence-electron chi connectivity index (χ4n) is 1.92. The van der Waals surface area contributed by atoms with Crippen LogP contribution in [0.2, 0.25) is 0 Å². The average Bonchev–Trinajstić information content (AvgIpc) is 2.44. The van der Waals surface area contributed by atoms with E-state index in [0.717, 1.165) is 12.0 Å². The van der Waals surface area contributed by atoms with Gasteiger partial charge in [-0.25, -0.2) is 4.39 Å².